The van der Waals surface area contributed by atoms with Gasteiger partial charge in [0.25, 0.3) is 0 Å². The van der Waals surface area contributed by atoms with Gasteiger partial charge in [-0.15, -0.1) is 10.2 Å². The van der Waals surface area contributed by atoms with Crippen LogP contribution < -0.4 is 0 Å². The lowest BCUT2D eigenvalue weighted by atomic mass is 10.2. The smallest absolute Gasteiger partial charge is 0.313 e. The number of carboxylic acid groups (broad SMARTS) is 1. The fraction of sp³-hybridized carbons (Fsp3) is 0.727. The van der Waals surface area contributed by atoms with E-state index in [-0.39, 0.29) is 5.75 Å². The third-order valence-corrected chi connectivity index (χ3v) is 5.24. The minimum Gasteiger partial charge on any atom is -0.481 e. The standard InChI is InChI=1S/C11H17N3O2S2/c1-7-12-13-11(18-6-10(15)16)14(7)8-3-4-9(5-8)17-2/h8-9H,3-6H2,1-2H3,(H,15,16). The normalized spacial score (nSPS) is 23.4. The molecule has 0 saturated heterocycles. The molecule has 1 aliphatic rings. The van der Waals surface area contributed by atoms with Gasteiger partial charge in [0.05, 0.1) is 5.75 Å². The fourth-order valence-corrected chi connectivity index (χ4v) is 3.92. The molecular weight excluding hydrogens is 270 g/mol. The van der Waals surface area contributed by atoms with Crippen molar-refractivity contribution in [3.05, 3.63) is 5.82 Å². The van der Waals surface area contributed by atoms with Crippen LogP contribution in [-0.4, -0.2) is 43.1 Å². The van der Waals surface area contributed by atoms with Crippen molar-refractivity contribution in [3.63, 3.8) is 0 Å². The molecule has 1 heterocycles. The quantitative estimate of drug-likeness (QED) is 0.838. The first kappa shape index (κ1) is 13.7. The van der Waals surface area contributed by atoms with E-state index in [0.717, 1.165) is 23.8 Å². The van der Waals surface area contributed by atoms with E-state index in [2.05, 4.69) is 21.0 Å². The third-order valence-electron chi connectivity index (χ3n) is 3.22. The Labute approximate surface area is 115 Å². The predicted molar refractivity (Wildman–Crippen MR) is 73.3 cm³/mol. The van der Waals surface area contributed by atoms with Crippen molar-refractivity contribution >= 4 is 29.5 Å². The highest BCUT2D eigenvalue weighted by atomic mass is 32.2. The van der Waals surface area contributed by atoms with Gasteiger partial charge in [-0.1, -0.05) is 11.8 Å². The van der Waals surface area contributed by atoms with Gasteiger partial charge < -0.3 is 9.67 Å². The summed E-state index contributed by atoms with van der Waals surface area (Å²) in [5, 5.41) is 18.3. The molecule has 2 atom stereocenters. The van der Waals surface area contributed by atoms with Crippen molar-refractivity contribution in [1.29, 1.82) is 0 Å². The molecule has 1 aromatic heterocycles. The van der Waals surface area contributed by atoms with Crippen molar-refractivity contribution in [1.82, 2.24) is 14.8 Å². The van der Waals surface area contributed by atoms with E-state index in [9.17, 15) is 4.79 Å². The summed E-state index contributed by atoms with van der Waals surface area (Å²) in [6, 6.07) is 0.425. The summed E-state index contributed by atoms with van der Waals surface area (Å²) in [4.78, 5) is 10.6. The van der Waals surface area contributed by atoms with Gasteiger partial charge in [-0.05, 0) is 32.4 Å². The molecular formula is C11H17N3O2S2. The van der Waals surface area contributed by atoms with E-state index >= 15 is 0 Å². The lowest BCUT2D eigenvalue weighted by Gasteiger charge is -2.15. The van der Waals surface area contributed by atoms with E-state index in [1.165, 1.54) is 18.2 Å². The van der Waals surface area contributed by atoms with E-state index in [4.69, 9.17) is 5.11 Å². The van der Waals surface area contributed by atoms with Gasteiger partial charge in [0.15, 0.2) is 5.16 Å². The number of aliphatic carboxylic acids is 1. The molecule has 2 unspecified atom stereocenters. The second kappa shape index (κ2) is 5.97. The van der Waals surface area contributed by atoms with E-state index in [0.29, 0.717) is 11.3 Å². The summed E-state index contributed by atoms with van der Waals surface area (Å²) >= 11 is 3.16. The van der Waals surface area contributed by atoms with Gasteiger partial charge in [0.1, 0.15) is 5.82 Å². The van der Waals surface area contributed by atoms with Crippen molar-refractivity contribution in [2.45, 2.75) is 42.6 Å². The molecule has 18 heavy (non-hydrogen) atoms. The Morgan fingerprint density at radius 2 is 2.28 bits per heavy atom. The molecule has 5 nitrogen and oxygen atoms in total. The van der Waals surface area contributed by atoms with Crippen LogP contribution in [0, 0.1) is 6.92 Å². The van der Waals surface area contributed by atoms with Gasteiger partial charge in [-0.25, -0.2) is 0 Å². The molecule has 1 aliphatic carbocycles. The zero-order valence-corrected chi connectivity index (χ0v) is 12.1. The van der Waals surface area contributed by atoms with Crippen LogP contribution in [0.25, 0.3) is 0 Å². The number of hydrogen-bond acceptors (Lipinski definition) is 5. The summed E-state index contributed by atoms with van der Waals surface area (Å²) in [6.07, 6.45) is 5.62. The Hall–Kier alpha value is -0.690. The first-order chi connectivity index (χ1) is 8.61. The Kier molecular flexibility index (Phi) is 4.55. The summed E-state index contributed by atoms with van der Waals surface area (Å²) in [7, 11) is 0. The topological polar surface area (TPSA) is 68.0 Å². The lowest BCUT2D eigenvalue weighted by molar-refractivity contribution is -0.133. The van der Waals surface area contributed by atoms with Crippen LogP contribution in [0.2, 0.25) is 0 Å². The van der Waals surface area contributed by atoms with Crippen LogP contribution in [0.1, 0.15) is 31.1 Å². The van der Waals surface area contributed by atoms with Crippen molar-refractivity contribution in [3.8, 4) is 0 Å². The van der Waals surface area contributed by atoms with Gasteiger partial charge >= 0.3 is 5.97 Å². The molecule has 0 aromatic carbocycles. The summed E-state index contributed by atoms with van der Waals surface area (Å²) < 4.78 is 2.11. The highest BCUT2D eigenvalue weighted by molar-refractivity contribution is 7.99. The number of carbonyl (C=O) groups is 1. The van der Waals surface area contributed by atoms with Crippen LogP contribution in [0.4, 0.5) is 0 Å². The molecule has 0 spiro atoms. The molecule has 0 amide bonds. The highest BCUT2D eigenvalue weighted by Gasteiger charge is 2.28. The minimum atomic E-state index is -0.819. The molecule has 100 valence electrons. The van der Waals surface area contributed by atoms with Crippen LogP contribution in [0.5, 0.6) is 0 Å². The molecule has 7 heteroatoms. The number of carboxylic acids is 1. The second-order valence-electron chi connectivity index (χ2n) is 4.41. The molecule has 0 aliphatic heterocycles. The first-order valence-electron chi connectivity index (χ1n) is 5.90. The molecule has 1 saturated carbocycles. The van der Waals surface area contributed by atoms with Gasteiger partial charge in [0.2, 0.25) is 0 Å². The first-order valence-corrected chi connectivity index (χ1v) is 8.18. The molecule has 0 radical (unpaired) electrons. The summed E-state index contributed by atoms with van der Waals surface area (Å²) in [5.41, 5.74) is 0. The molecule has 0 bridgehead atoms. The molecule has 1 N–H and O–H groups in total. The van der Waals surface area contributed by atoms with Crippen molar-refractivity contribution in [2.75, 3.05) is 12.0 Å². The number of rotatable bonds is 5. The molecule has 1 aromatic rings. The molecule has 1 fully saturated rings. The average molecular weight is 287 g/mol. The highest BCUT2D eigenvalue weighted by Crippen LogP contribution is 2.38. The number of nitrogens with zero attached hydrogens (tertiary/aromatic N) is 3. The number of aryl methyl sites for hydroxylation is 1. The van der Waals surface area contributed by atoms with E-state index < -0.39 is 5.97 Å². The lowest BCUT2D eigenvalue weighted by Crippen LogP contribution is -2.10. The maximum absolute atomic E-state index is 10.6. The summed E-state index contributed by atoms with van der Waals surface area (Å²) in [6.45, 7) is 1.93. The summed E-state index contributed by atoms with van der Waals surface area (Å²) in [5.74, 6) is 0.104. The second-order valence-corrected chi connectivity index (χ2v) is 6.49. The van der Waals surface area contributed by atoms with Crippen LogP contribution >= 0.6 is 23.5 Å². The zero-order chi connectivity index (χ0) is 13.1. The average Bonchev–Trinajstić information content (AvgIpc) is 2.92. The fourth-order valence-electron chi connectivity index (χ4n) is 2.36. The largest absolute Gasteiger partial charge is 0.481 e. The maximum atomic E-state index is 10.6. The van der Waals surface area contributed by atoms with E-state index in [1.54, 1.807) is 0 Å². The van der Waals surface area contributed by atoms with Crippen molar-refractivity contribution in [2.24, 2.45) is 0 Å². The monoisotopic (exact) mass is 287 g/mol. The number of aromatic nitrogens is 3. The van der Waals surface area contributed by atoms with Gasteiger partial charge in [-0.2, -0.15) is 11.8 Å². The van der Waals surface area contributed by atoms with Crippen molar-refractivity contribution < 1.29 is 9.90 Å². The van der Waals surface area contributed by atoms with Crippen LogP contribution in [-0.2, 0) is 4.79 Å². The predicted octanol–water partition coefficient (Wildman–Crippen LogP) is 2.22. The maximum Gasteiger partial charge on any atom is 0.313 e. The molecule has 2 rings (SSSR count). The van der Waals surface area contributed by atoms with Crippen LogP contribution in [0.15, 0.2) is 5.16 Å². The van der Waals surface area contributed by atoms with E-state index in [1.807, 2.05) is 18.7 Å². The minimum absolute atomic E-state index is 0.0385. The third kappa shape index (κ3) is 3.00. The number of hydrogen-bond donors (Lipinski definition) is 1. The Balaban J connectivity index is 2.11. The zero-order valence-electron chi connectivity index (χ0n) is 10.5. The van der Waals surface area contributed by atoms with Gasteiger partial charge in [0, 0.05) is 11.3 Å². The Morgan fingerprint density at radius 3 is 2.89 bits per heavy atom. The Morgan fingerprint density at radius 1 is 1.50 bits per heavy atom. The van der Waals surface area contributed by atoms with Crippen LogP contribution in [0.3, 0.4) is 0 Å². The van der Waals surface area contributed by atoms with Gasteiger partial charge in [-0.3, -0.25) is 4.79 Å². The number of thioether (sulfide) groups is 2. The SMILES string of the molecule is CSC1CCC(n2c(C)nnc2SCC(=O)O)C1. The Bertz CT molecular complexity index is 436.